The number of para-hydroxylation sites is 2. The second-order valence-electron chi connectivity index (χ2n) is 5.75. The van der Waals surface area contributed by atoms with Gasteiger partial charge in [0.2, 0.25) is 5.91 Å². The molecule has 1 fully saturated rings. The van der Waals surface area contributed by atoms with Crippen LogP contribution in [0.1, 0.15) is 12.8 Å². The summed E-state index contributed by atoms with van der Waals surface area (Å²) in [5, 5.41) is 18.9. The van der Waals surface area contributed by atoms with E-state index in [-0.39, 0.29) is 44.1 Å². The molecule has 0 atom stereocenters. The molecule has 1 amide bonds. The minimum atomic E-state index is -1.77. The number of aliphatic carboxylic acids is 1. The maximum Gasteiger partial charge on any atom is 0.335 e. The largest absolute Gasteiger partial charge is 0.479 e. The molecular formula is C15H17N3O5. The summed E-state index contributed by atoms with van der Waals surface area (Å²) in [4.78, 5) is 39.5. The van der Waals surface area contributed by atoms with Crippen molar-refractivity contribution < 1.29 is 19.8 Å². The molecule has 23 heavy (non-hydrogen) atoms. The molecule has 3 N–H and O–H groups in total. The van der Waals surface area contributed by atoms with Crippen molar-refractivity contribution >= 4 is 22.9 Å². The number of imidazole rings is 1. The first-order valence-corrected chi connectivity index (χ1v) is 7.32. The Bertz CT molecular complexity index is 814. The second-order valence-corrected chi connectivity index (χ2v) is 5.75. The number of carboxylic acid groups (broad SMARTS) is 1. The number of hydrogen-bond acceptors (Lipinski definition) is 4. The molecule has 8 heteroatoms. The summed E-state index contributed by atoms with van der Waals surface area (Å²) in [5.74, 6) is -1.54. The normalized spacial score (nSPS) is 17.3. The number of nitrogens with zero attached hydrogens (tertiary/aromatic N) is 2. The fourth-order valence-electron chi connectivity index (χ4n) is 2.84. The van der Waals surface area contributed by atoms with Crippen LogP contribution in [0.4, 0.5) is 0 Å². The molecule has 0 unspecified atom stereocenters. The molecule has 8 nitrogen and oxygen atoms in total. The Labute approximate surface area is 130 Å². The van der Waals surface area contributed by atoms with E-state index in [0.717, 1.165) is 0 Å². The third-order valence-corrected chi connectivity index (χ3v) is 4.32. The second kappa shape index (κ2) is 5.54. The molecule has 122 valence electrons. The Morgan fingerprint density at radius 3 is 2.52 bits per heavy atom. The first-order chi connectivity index (χ1) is 10.9. The van der Waals surface area contributed by atoms with E-state index < -0.39 is 11.6 Å². The lowest BCUT2D eigenvalue weighted by atomic mass is 9.91. The summed E-state index contributed by atoms with van der Waals surface area (Å²) in [6.45, 7) is 0.186. The molecule has 1 aliphatic heterocycles. The third kappa shape index (κ3) is 2.72. The molecule has 0 saturated carbocycles. The number of benzene rings is 1. The SMILES string of the molecule is O=C(Cn1c(=O)[nH]c2ccccc21)N1CCC(O)(C(=O)O)CC1. The summed E-state index contributed by atoms with van der Waals surface area (Å²) >= 11 is 0. The van der Waals surface area contributed by atoms with Crippen molar-refractivity contribution in [2.24, 2.45) is 0 Å². The Balaban J connectivity index is 1.74. The van der Waals surface area contributed by atoms with Gasteiger partial charge in [-0.2, -0.15) is 0 Å². The minimum Gasteiger partial charge on any atom is -0.479 e. The molecule has 0 spiro atoms. The van der Waals surface area contributed by atoms with Gasteiger partial charge in [-0.3, -0.25) is 9.36 Å². The van der Waals surface area contributed by atoms with Gasteiger partial charge in [0, 0.05) is 25.9 Å². The first-order valence-electron chi connectivity index (χ1n) is 7.32. The number of carbonyl (C=O) groups excluding carboxylic acids is 1. The zero-order chi connectivity index (χ0) is 16.6. The molecule has 0 aliphatic carbocycles. The van der Waals surface area contributed by atoms with E-state index in [1.54, 1.807) is 24.3 Å². The fourth-order valence-corrected chi connectivity index (χ4v) is 2.84. The number of amides is 1. The van der Waals surface area contributed by atoms with Crippen LogP contribution in [0.3, 0.4) is 0 Å². The topological polar surface area (TPSA) is 116 Å². The van der Waals surface area contributed by atoms with Gasteiger partial charge in [-0.15, -0.1) is 0 Å². The van der Waals surface area contributed by atoms with Gasteiger partial charge in [0.05, 0.1) is 11.0 Å². The van der Waals surface area contributed by atoms with Crippen LogP contribution in [0.2, 0.25) is 0 Å². The number of piperidine rings is 1. The average molecular weight is 319 g/mol. The van der Waals surface area contributed by atoms with Gasteiger partial charge >= 0.3 is 11.7 Å². The van der Waals surface area contributed by atoms with Crippen LogP contribution < -0.4 is 5.69 Å². The molecule has 3 rings (SSSR count). The zero-order valence-corrected chi connectivity index (χ0v) is 12.4. The monoisotopic (exact) mass is 319 g/mol. The molecule has 2 heterocycles. The van der Waals surface area contributed by atoms with E-state index in [2.05, 4.69) is 4.98 Å². The standard InChI is InChI=1S/C15H17N3O5/c19-12(17-7-5-15(23,6-8-17)13(20)21)9-18-11-4-2-1-3-10(11)16-14(18)22/h1-4,23H,5-9H2,(H,16,22)(H,20,21). The molecule has 1 aromatic heterocycles. The van der Waals surface area contributed by atoms with Crippen molar-refractivity contribution in [1.29, 1.82) is 0 Å². The van der Waals surface area contributed by atoms with E-state index in [0.29, 0.717) is 11.0 Å². The first kappa shape index (κ1) is 15.3. The van der Waals surface area contributed by atoms with Crippen LogP contribution in [0, 0.1) is 0 Å². The number of fused-ring (bicyclic) bond motifs is 1. The number of nitrogens with one attached hydrogen (secondary N) is 1. The van der Waals surface area contributed by atoms with Crippen molar-refractivity contribution in [2.45, 2.75) is 25.0 Å². The summed E-state index contributed by atoms with van der Waals surface area (Å²) in [7, 11) is 0. The van der Waals surface area contributed by atoms with E-state index in [1.165, 1.54) is 9.47 Å². The van der Waals surface area contributed by atoms with Crippen LogP contribution in [0.15, 0.2) is 29.1 Å². The van der Waals surface area contributed by atoms with Crippen molar-refractivity contribution in [1.82, 2.24) is 14.5 Å². The van der Waals surface area contributed by atoms with Crippen molar-refractivity contribution in [3.8, 4) is 0 Å². The van der Waals surface area contributed by atoms with Crippen LogP contribution >= 0.6 is 0 Å². The molecular weight excluding hydrogens is 302 g/mol. The highest BCUT2D eigenvalue weighted by Gasteiger charge is 2.40. The van der Waals surface area contributed by atoms with Crippen molar-refractivity contribution in [3.63, 3.8) is 0 Å². The van der Waals surface area contributed by atoms with Gasteiger partial charge < -0.3 is 20.1 Å². The van der Waals surface area contributed by atoms with E-state index in [9.17, 15) is 19.5 Å². The number of carboxylic acids is 1. The molecule has 0 bridgehead atoms. The molecule has 0 radical (unpaired) electrons. The number of aromatic nitrogens is 2. The molecule has 1 aromatic carbocycles. The highest BCUT2D eigenvalue weighted by molar-refractivity contribution is 5.81. The van der Waals surface area contributed by atoms with Gasteiger partial charge in [0.15, 0.2) is 5.60 Å². The predicted octanol–water partition coefficient (Wildman–Crippen LogP) is -0.232. The Kier molecular flexibility index (Phi) is 3.69. The van der Waals surface area contributed by atoms with E-state index >= 15 is 0 Å². The minimum absolute atomic E-state index is 0.0170. The third-order valence-electron chi connectivity index (χ3n) is 4.32. The number of rotatable bonds is 3. The number of carbonyl (C=O) groups is 2. The van der Waals surface area contributed by atoms with Crippen LogP contribution in [0.5, 0.6) is 0 Å². The van der Waals surface area contributed by atoms with Gasteiger partial charge in [-0.1, -0.05) is 12.1 Å². The van der Waals surface area contributed by atoms with Gasteiger partial charge in [0.1, 0.15) is 6.54 Å². The van der Waals surface area contributed by atoms with Gasteiger partial charge in [-0.25, -0.2) is 9.59 Å². The average Bonchev–Trinajstić information content (AvgIpc) is 2.84. The summed E-state index contributed by atoms with van der Waals surface area (Å²) in [6.07, 6.45) is -0.0340. The van der Waals surface area contributed by atoms with E-state index in [4.69, 9.17) is 5.11 Å². The fraction of sp³-hybridized carbons (Fsp3) is 0.400. The smallest absolute Gasteiger partial charge is 0.335 e. The highest BCUT2D eigenvalue weighted by Crippen LogP contribution is 2.22. The predicted molar refractivity (Wildman–Crippen MR) is 81.0 cm³/mol. The van der Waals surface area contributed by atoms with Crippen LogP contribution in [-0.2, 0) is 16.1 Å². The Morgan fingerprint density at radius 1 is 1.22 bits per heavy atom. The number of aromatic amines is 1. The Morgan fingerprint density at radius 2 is 1.87 bits per heavy atom. The lowest BCUT2D eigenvalue weighted by Crippen LogP contribution is -2.51. The lowest BCUT2D eigenvalue weighted by Gasteiger charge is -2.35. The quantitative estimate of drug-likeness (QED) is 0.722. The van der Waals surface area contributed by atoms with E-state index in [1.807, 2.05) is 0 Å². The lowest BCUT2D eigenvalue weighted by molar-refractivity contribution is -0.165. The van der Waals surface area contributed by atoms with Crippen LogP contribution in [0.25, 0.3) is 11.0 Å². The highest BCUT2D eigenvalue weighted by atomic mass is 16.4. The number of aliphatic hydroxyl groups is 1. The molecule has 1 aliphatic rings. The summed E-state index contributed by atoms with van der Waals surface area (Å²) in [5.41, 5.74) is -0.832. The van der Waals surface area contributed by atoms with Crippen molar-refractivity contribution in [3.05, 3.63) is 34.7 Å². The van der Waals surface area contributed by atoms with Gasteiger partial charge in [0.25, 0.3) is 0 Å². The summed E-state index contributed by atoms with van der Waals surface area (Å²) in [6, 6.07) is 7.08. The maximum atomic E-state index is 12.4. The number of hydrogen-bond donors (Lipinski definition) is 3. The Hall–Kier alpha value is -2.61. The maximum absolute atomic E-state index is 12.4. The van der Waals surface area contributed by atoms with Crippen LogP contribution in [-0.4, -0.2) is 55.2 Å². The number of H-pyrrole nitrogens is 1. The zero-order valence-electron chi connectivity index (χ0n) is 12.4. The molecule has 1 saturated heterocycles. The van der Waals surface area contributed by atoms with Gasteiger partial charge in [-0.05, 0) is 12.1 Å². The molecule has 2 aromatic rings. The van der Waals surface area contributed by atoms with Crippen molar-refractivity contribution in [2.75, 3.05) is 13.1 Å². The summed E-state index contributed by atoms with van der Waals surface area (Å²) < 4.78 is 1.36. The number of likely N-dealkylation sites (tertiary alicyclic amines) is 1.